The van der Waals surface area contributed by atoms with Gasteiger partial charge in [0.2, 0.25) is 0 Å². The molecular weight excluding hydrogens is 388 g/mol. The van der Waals surface area contributed by atoms with Crippen LogP contribution in [0.4, 0.5) is 5.69 Å². The van der Waals surface area contributed by atoms with Gasteiger partial charge in [-0.25, -0.2) is 4.79 Å². The Kier molecular flexibility index (Phi) is 4.18. The zero-order valence-electron chi connectivity index (χ0n) is 18.0. The van der Waals surface area contributed by atoms with E-state index >= 15 is 0 Å². The van der Waals surface area contributed by atoms with Gasteiger partial charge in [0.05, 0.1) is 22.5 Å². The topological polar surface area (TPSA) is 54.0 Å². The minimum absolute atomic E-state index is 0.302. The molecule has 2 aliphatic heterocycles. The molecule has 0 aliphatic carbocycles. The van der Waals surface area contributed by atoms with Crippen molar-refractivity contribution in [1.29, 1.82) is 0 Å². The predicted molar refractivity (Wildman–Crippen MR) is 123 cm³/mol. The first-order chi connectivity index (χ1) is 15.0. The van der Waals surface area contributed by atoms with Crippen LogP contribution in [0.1, 0.15) is 24.2 Å². The summed E-state index contributed by atoms with van der Waals surface area (Å²) in [6.45, 7) is 8.38. The molecule has 0 spiro atoms. The molecule has 6 nitrogen and oxygen atoms in total. The first-order valence-electron chi connectivity index (χ1n) is 11.1. The van der Waals surface area contributed by atoms with E-state index in [0.29, 0.717) is 17.2 Å². The van der Waals surface area contributed by atoms with Crippen LogP contribution < -0.4 is 10.5 Å². The van der Waals surface area contributed by atoms with E-state index < -0.39 is 0 Å². The summed E-state index contributed by atoms with van der Waals surface area (Å²) >= 11 is 0. The lowest BCUT2D eigenvalue weighted by Gasteiger charge is -2.38. The molecule has 158 valence electrons. The van der Waals surface area contributed by atoms with Crippen molar-refractivity contribution in [2.24, 2.45) is 0 Å². The number of aryl methyl sites for hydroxylation is 2. The Morgan fingerprint density at radius 3 is 2.87 bits per heavy atom. The summed E-state index contributed by atoms with van der Waals surface area (Å²) in [6, 6.07) is 10.9. The van der Waals surface area contributed by atoms with Gasteiger partial charge in [0.15, 0.2) is 0 Å². The van der Waals surface area contributed by atoms with E-state index in [2.05, 4.69) is 26.9 Å². The Morgan fingerprint density at radius 1 is 1.06 bits per heavy atom. The normalized spacial score (nSPS) is 19.4. The van der Waals surface area contributed by atoms with Crippen molar-refractivity contribution in [3.05, 3.63) is 64.5 Å². The maximum Gasteiger partial charge on any atom is 0.344 e. The first-order valence-corrected chi connectivity index (χ1v) is 11.1. The third kappa shape index (κ3) is 3.13. The highest BCUT2D eigenvalue weighted by atomic mass is 16.4. The van der Waals surface area contributed by atoms with E-state index in [1.807, 2.05) is 48.8 Å². The molecule has 6 heteroatoms. The zero-order valence-corrected chi connectivity index (χ0v) is 18.0. The summed E-state index contributed by atoms with van der Waals surface area (Å²) in [4.78, 5) is 22.4. The average Bonchev–Trinajstić information content (AvgIpc) is 3.39. The van der Waals surface area contributed by atoms with Gasteiger partial charge in [-0.05, 0) is 57.5 Å². The third-order valence-corrected chi connectivity index (χ3v) is 6.87. The van der Waals surface area contributed by atoms with Crippen LogP contribution in [0, 0.1) is 13.8 Å². The average molecular weight is 415 g/mol. The van der Waals surface area contributed by atoms with Crippen molar-refractivity contribution in [2.75, 3.05) is 31.1 Å². The highest BCUT2D eigenvalue weighted by Gasteiger charge is 2.30. The number of nitrogens with zero attached hydrogens (tertiary/aromatic N) is 4. The summed E-state index contributed by atoms with van der Waals surface area (Å²) in [7, 11) is 0. The van der Waals surface area contributed by atoms with E-state index in [-0.39, 0.29) is 5.63 Å². The monoisotopic (exact) mass is 414 g/mol. The van der Waals surface area contributed by atoms with Crippen LogP contribution >= 0.6 is 0 Å². The second kappa shape index (κ2) is 6.95. The highest BCUT2D eigenvalue weighted by molar-refractivity contribution is 5.85. The first kappa shape index (κ1) is 18.6. The largest absolute Gasteiger partial charge is 0.422 e. The van der Waals surface area contributed by atoms with Crippen LogP contribution in [0.3, 0.4) is 0 Å². The van der Waals surface area contributed by atoms with Crippen molar-refractivity contribution in [1.82, 2.24) is 14.3 Å². The number of rotatable bonds is 2. The summed E-state index contributed by atoms with van der Waals surface area (Å²) in [5, 5.41) is 0.944. The fourth-order valence-electron chi connectivity index (χ4n) is 5.30. The molecule has 2 saturated heterocycles. The van der Waals surface area contributed by atoms with Gasteiger partial charge in [-0.2, -0.15) is 0 Å². The molecule has 31 heavy (non-hydrogen) atoms. The smallest absolute Gasteiger partial charge is 0.344 e. The molecule has 0 radical (unpaired) electrons. The molecule has 1 aromatic carbocycles. The van der Waals surface area contributed by atoms with Crippen molar-refractivity contribution >= 4 is 22.2 Å². The Hall–Kier alpha value is -3.12. The molecule has 0 N–H and O–H groups in total. The number of fused-ring (bicyclic) bond motifs is 3. The maximum absolute atomic E-state index is 12.9. The summed E-state index contributed by atoms with van der Waals surface area (Å²) in [5.74, 6) is 0. The van der Waals surface area contributed by atoms with Gasteiger partial charge < -0.3 is 13.7 Å². The number of benzene rings is 1. The molecule has 1 atom stereocenters. The molecule has 4 aromatic rings. The standard InChI is InChI=1S/C25H26N4O2/c1-16-13-29-14-19(11-23(29)17(2)26-16)22-10-18-5-6-20(12-24(18)31-25(22)30)28-9-8-27-7-3-4-21(27)15-28/h5-6,10-14,21H,3-4,7-9,15H2,1-2H3/t21-/m0/s1. The number of hydrogen-bond donors (Lipinski definition) is 0. The number of hydrogen-bond acceptors (Lipinski definition) is 5. The quantitative estimate of drug-likeness (QED) is 0.464. The number of aromatic nitrogens is 2. The molecular formula is C25H26N4O2. The molecule has 6 rings (SSSR count). The van der Waals surface area contributed by atoms with Gasteiger partial charge in [-0.3, -0.25) is 9.88 Å². The zero-order chi connectivity index (χ0) is 21.1. The minimum atomic E-state index is -0.302. The van der Waals surface area contributed by atoms with E-state index in [1.165, 1.54) is 19.4 Å². The van der Waals surface area contributed by atoms with Crippen molar-refractivity contribution < 1.29 is 4.42 Å². The second-order valence-corrected chi connectivity index (χ2v) is 8.94. The molecule has 2 fully saturated rings. The SMILES string of the molecule is Cc1cn2cc(-c3cc4ccc(N5CCN6CCC[C@H]6C5)cc4oc3=O)cc2c(C)n1. The molecule has 0 saturated carbocycles. The van der Waals surface area contributed by atoms with Crippen LogP contribution in [0.15, 0.2) is 51.9 Å². The summed E-state index contributed by atoms with van der Waals surface area (Å²) in [6.07, 6.45) is 6.54. The fraction of sp³-hybridized carbons (Fsp3) is 0.360. The van der Waals surface area contributed by atoms with Crippen molar-refractivity contribution in [2.45, 2.75) is 32.7 Å². The number of anilines is 1. The molecule has 0 unspecified atom stereocenters. The van der Waals surface area contributed by atoms with Crippen LogP contribution in [0.25, 0.3) is 27.6 Å². The van der Waals surface area contributed by atoms with Crippen LogP contribution in [0.5, 0.6) is 0 Å². The van der Waals surface area contributed by atoms with Crippen molar-refractivity contribution in [3.8, 4) is 11.1 Å². The van der Waals surface area contributed by atoms with E-state index in [9.17, 15) is 4.79 Å². The lowest BCUT2D eigenvalue weighted by Crippen LogP contribution is -2.50. The predicted octanol–water partition coefficient (Wildman–Crippen LogP) is 4.01. The molecule has 2 aliphatic rings. The van der Waals surface area contributed by atoms with Crippen LogP contribution in [0.2, 0.25) is 0 Å². The van der Waals surface area contributed by atoms with E-state index in [4.69, 9.17) is 4.42 Å². The highest BCUT2D eigenvalue weighted by Crippen LogP contribution is 2.29. The summed E-state index contributed by atoms with van der Waals surface area (Å²) < 4.78 is 7.83. The molecule has 0 bridgehead atoms. The second-order valence-electron chi connectivity index (χ2n) is 8.94. The Bertz CT molecular complexity index is 1370. The van der Waals surface area contributed by atoms with E-state index in [1.54, 1.807) is 0 Å². The Balaban J connectivity index is 1.37. The van der Waals surface area contributed by atoms with E-state index in [0.717, 1.165) is 53.2 Å². The van der Waals surface area contributed by atoms with Crippen molar-refractivity contribution in [3.63, 3.8) is 0 Å². The fourth-order valence-corrected chi connectivity index (χ4v) is 5.30. The maximum atomic E-state index is 12.9. The number of piperazine rings is 1. The molecule has 5 heterocycles. The lowest BCUT2D eigenvalue weighted by atomic mass is 10.1. The van der Waals surface area contributed by atoms with Crippen LogP contribution in [-0.4, -0.2) is 46.5 Å². The summed E-state index contributed by atoms with van der Waals surface area (Å²) in [5.41, 5.74) is 5.82. The Labute approximate surface area is 180 Å². The van der Waals surface area contributed by atoms with Gasteiger partial charge >= 0.3 is 5.63 Å². The van der Waals surface area contributed by atoms with Gasteiger partial charge in [-0.15, -0.1) is 0 Å². The molecule has 3 aromatic heterocycles. The lowest BCUT2D eigenvalue weighted by molar-refractivity contribution is 0.231. The van der Waals surface area contributed by atoms with Gasteiger partial charge in [-0.1, -0.05) is 0 Å². The van der Waals surface area contributed by atoms with Gasteiger partial charge in [0, 0.05) is 60.8 Å². The third-order valence-electron chi connectivity index (χ3n) is 6.87. The minimum Gasteiger partial charge on any atom is -0.422 e. The molecule has 0 amide bonds. The van der Waals surface area contributed by atoms with Gasteiger partial charge in [0.25, 0.3) is 0 Å². The van der Waals surface area contributed by atoms with Gasteiger partial charge in [0.1, 0.15) is 5.58 Å². The Morgan fingerprint density at radius 2 is 1.97 bits per heavy atom. The van der Waals surface area contributed by atoms with Crippen LogP contribution in [-0.2, 0) is 0 Å².